The summed E-state index contributed by atoms with van der Waals surface area (Å²) in [4.78, 5) is -4.57. The van der Waals surface area contributed by atoms with Gasteiger partial charge in [0.25, 0.3) is 0 Å². The summed E-state index contributed by atoms with van der Waals surface area (Å²) in [5, 5.41) is 0. The zero-order chi connectivity index (χ0) is 9.28. The van der Waals surface area contributed by atoms with Gasteiger partial charge in [0.2, 0.25) is 6.43 Å². The van der Waals surface area contributed by atoms with Crippen LogP contribution in [0.5, 0.6) is 0 Å². The molecule has 0 amide bonds. The molecule has 11 heavy (non-hydrogen) atoms. The minimum atomic E-state index is -4.71. The van der Waals surface area contributed by atoms with Gasteiger partial charge in [-0.25, -0.2) is 8.78 Å². The highest BCUT2D eigenvalue weighted by Crippen LogP contribution is 2.42. The molecule has 0 rings (SSSR count). The number of alkyl halides is 7. The van der Waals surface area contributed by atoms with Gasteiger partial charge in [0.05, 0.1) is 6.42 Å². The molecule has 0 aromatic rings. The van der Waals surface area contributed by atoms with Crippen LogP contribution in [0.2, 0.25) is 0 Å². The largest absolute Gasteiger partial charge is 0.363 e. The minimum Gasteiger partial charge on any atom is -0.210 e. The van der Waals surface area contributed by atoms with Crippen molar-refractivity contribution in [3.63, 3.8) is 0 Å². The molecule has 0 fully saturated rings. The average molecular weight is 245 g/mol. The second-order valence-electron chi connectivity index (χ2n) is 1.80. The van der Waals surface area contributed by atoms with Crippen LogP contribution in [0.3, 0.4) is 0 Å². The first-order chi connectivity index (χ1) is 4.67. The highest BCUT2D eigenvalue weighted by molar-refractivity contribution is 9.10. The molecule has 68 valence electrons. The first-order valence-corrected chi connectivity index (χ1v) is 3.19. The summed E-state index contributed by atoms with van der Waals surface area (Å²) in [5.74, 6) is -4.71. The zero-order valence-corrected chi connectivity index (χ0v) is 6.52. The lowest BCUT2D eigenvalue weighted by molar-refractivity contribution is -0.169. The fourth-order valence-corrected chi connectivity index (χ4v) is 0.471. The predicted octanol–water partition coefficient (Wildman–Crippen LogP) is 3.26. The molecule has 0 N–H and O–H groups in total. The van der Waals surface area contributed by atoms with Gasteiger partial charge in [0.15, 0.2) is 0 Å². The number of rotatable bonds is 3. The third kappa shape index (κ3) is 3.31. The van der Waals surface area contributed by atoms with Crippen LogP contribution in [0, 0.1) is 0 Å². The van der Waals surface area contributed by atoms with Crippen LogP contribution in [0.1, 0.15) is 6.42 Å². The monoisotopic (exact) mass is 244 g/mol. The van der Waals surface area contributed by atoms with Gasteiger partial charge in [-0.1, -0.05) is 0 Å². The van der Waals surface area contributed by atoms with Gasteiger partial charge in [-0.15, -0.1) is 0 Å². The molecule has 0 radical (unpaired) electrons. The van der Waals surface area contributed by atoms with Crippen molar-refractivity contribution < 1.29 is 26.3 Å². The van der Waals surface area contributed by atoms with E-state index in [2.05, 4.69) is 0 Å². The van der Waals surface area contributed by atoms with Crippen molar-refractivity contribution >= 4 is 15.9 Å². The quantitative estimate of drug-likeness (QED) is 0.528. The highest BCUT2D eigenvalue weighted by atomic mass is 79.9. The van der Waals surface area contributed by atoms with Crippen LogP contribution in [-0.2, 0) is 0 Å². The Hall–Kier alpha value is 0.0600. The van der Waals surface area contributed by atoms with Gasteiger partial charge in [-0.2, -0.15) is 17.6 Å². The second-order valence-corrected chi connectivity index (χ2v) is 2.79. The Balaban J connectivity index is 4.22. The van der Waals surface area contributed by atoms with E-state index in [0.717, 1.165) is 0 Å². The molecule has 0 aliphatic carbocycles. The van der Waals surface area contributed by atoms with Crippen molar-refractivity contribution in [1.29, 1.82) is 0 Å². The van der Waals surface area contributed by atoms with Gasteiger partial charge in [-0.3, -0.25) is 0 Å². The summed E-state index contributed by atoms with van der Waals surface area (Å²) in [6, 6.07) is 0. The first-order valence-electron chi connectivity index (χ1n) is 2.39. The van der Waals surface area contributed by atoms with Gasteiger partial charge in [-0.05, 0) is 15.9 Å². The molecule has 0 unspecified atom stereocenters. The molecule has 0 aromatic carbocycles. The Morgan fingerprint density at radius 3 is 1.55 bits per heavy atom. The lowest BCUT2D eigenvalue weighted by Crippen LogP contribution is -2.36. The maximum Gasteiger partial charge on any atom is 0.363 e. The van der Waals surface area contributed by atoms with Crippen LogP contribution in [0.15, 0.2) is 0 Å². The van der Waals surface area contributed by atoms with Gasteiger partial charge in [0, 0.05) is 0 Å². The molecular formula is C4H3BrF6. The Morgan fingerprint density at radius 1 is 1.09 bits per heavy atom. The van der Waals surface area contributed by atoms with Crippen molar-refractivity contribution in [1.82, 2.24) is 0 Å². The Labute approximate surface area is 66.7 Å². The lowest BCUT2D eigenvalue weighted by atomic mass is 10.2. The van der Waals surface area contributed by atoms with Crippen molar-refractivity contribution in [3.8, 4) is 0 Å². The summed E-state index contributed by atoms with van der Waals surface area (Å²) in [5.41, 5.74) is 0. The SMILES string of the molecule is FC(F)CC(F)(F)C(F)(F)Br. The molecule has 0 atom stereocenters. The van der Waals surface area contributed by atoms with E-state index in [1.54, 1.807) is 0 Å². The Morgan fingerprint density at radius 2 is 1.45 bits per heavy atom. The standard InChI is InChI=1S/C4H3BrF6/c5-4(10,11)3(8,9)1-2(6)7/h2H,1H2. The maximum absolute atomic E-state index is 11.9. The summed E-state index contributed by atoms with van der Waals surface area (Å²) in [6.07, 6.45) is -5.60. The van der Waals surface area contributed by atoms with E-state index in [0.29, 0.717) is 0 Å². The molecule has 0 nitrogen and oxygen atoms in total. The Kier molecular flexibility index (Phi) is 3.22. The van der Waals surface area contributed by atoms with Crippen molar-refractivity contribution in [3.05, 3.63) is 0 Å². The molecule has 7 heteroatoms. The molecule has 0 aliphatic rings. The van der Waals surface area contributed by atoms with Crippen molar-refractivity contribution in [2.24, 2.45) is 0 Å². The molecular weight excluding hydrogens is 242 g/mol. The summed E-state index contributed by atoms with van der Waals surface area (Å²) < 4.78 is 69.6. The molecule has 0 saturated heterocycles. The van der Waals surface area contributed by atoms with Crippen LogP contribution < -0.4 is 0 Å². The highest BCUT2D eigenvalue weighted by Gasteiger charge is 2.55. The first kappa shape index (κ1) is 11.1. The molecule has 0 spiro atoms. The maximum atomic E-state index is 11.9. The normalized spacial score (nSPS) is 14.2. The van der Waals surface area contributed by atoms with E-state index in [9.17, 15) is 26.3 Å². The minimum absolute atomic E-state index is 1.31. The van der Waals surface area contributed by atoms with Gasteiger partial charge in [0.1, 0.15) is 0 Å². The fraction of sp³-hybridized carbons (Fsp3) is 1.00. The van der Waals surface area contributed by atoms with Crippen LogP contribution in [0.4, 0.5) is 26.3 Å². The Bertz CT molecular complexity index is 127. The second kappa shape index (κ2) is 3.20. The lowest BCUT2D eigenvalue weighted by Gasteiger charge is -2.20. The number of hydrogen-bond acceptors (Lipinski definition) is 0. The molecule has 0 aliphatic heterocycles. The topological polar surface area (TPSA) is 0 Å². The summed E-state index contributed by atoms with van der Waals surface area (Å²) >= 11 is 1.31. The zero-order valence-electron chi connectivity index (χ0n) is 4.93. The van der Waals surface area contributed by atoms with E-state index in [1.807, 2.05) is 0 Å². The van der Waals surface area contributed by atoms with Crippen molar-refractivity contribution in [2.75, 3.05) is 0 Å². The summed E-state index contributed by atoms with van der Waals surface area (Å²) in [7, 11) is 0. The third-order valence-electron chi connectivity index (χ3n) is 0.825. The predicted molar refractivity (Wildman–Crippen MR) is 29.4 cm³/mol. The van der Waals surface area contributed by atoms with Crippen molar-refractivity contribution in [2.45, 2.75) is 23.6 Å². The number of halogens is 7. The van der Waals surface area contributed by atoms with Gasteiger partial charge < -0.3 is 0 Å². The smallest absolute Gasteiger partial charge is 0.210 e. The van der Waals surface area contributed by atoms with E-state index >= 15 is 0 Å². The molecule has 0 aromatic heterocycles. The van der Waals surface area contributed by atoms with E-state index in [4.69, 9.17) is 0 Å². The van der Waals surface area contributed by atoms with E-state index in [-0.39, 0.29) is 0 Å². The molecule has 0 saturated carbocycles. The van der Waals surface area contributed by atoms with E-state index in [1.165, 1.54) is 15.9 Å². The van der Waals surface area contributed by atoms with Crippen LogP contribution >= 0.6 is 15.9 Å². The van der Waals surface area contributed by atoms with E-state index < -0.39 is 23.6 Å². The molecule has 0 heterocycles. The molecule has 0 bridgehead atoms. The van der Waals surface area contributed by atoms with Crippen LogP contribution in [0.25, 0.3) is 0 Å². The van der Waals surface area contributed by atoms with Gasteiger partial charge >= 0.3 is 10.8 Å². The summed E-state index contributed by atoms with van der Waals surface area (Å²) in [6.45, 7) is 0. The fourth-order valence-electron chi connectivity index (χ4n) is 0.310. The third-order valence-corrected chi connectivity index (χ3v) is 1.41. The van der Waals surface area contributed by atoms with Crippen LogP contribution in [-0.4, -0.2) is 17.2 Å². The number of hydrogen-bond donors (Lipinski definition) is 0. The average Bonchev–Trinajstić information content (AvgIpc) is 1.56.